The molecule has 0 bridgehead atoms. The van der Waals surface area contributed by atoms with E-state index in [0.717, 1.165) is 43.3 Å². The Labute approximate surface area is 200 Å². The van der Waals surface area contributed by atoms with Crippen LogP contribution in [0.5, 0.6) is 0 Å². The number of aliphatic carboxylic acids is 1. The van der Waals surface area contributed by atoms with Gasteiger partial charge in [0.1, 0.15) is 12.6 Å². The van der Waals surface area contributed by atoms with Crippen LogP contribution in [0.3, 0.4) is 0 Å². The van der Waals surface area contributed by atoms with Gasteiger partial charge in [0.2, 0.25) is 0 Å². The van der Waals surface area contributed by atoms with Crippen molar-refractivity contribution in [2.75, 3.05) is 27.2 Å². The SMILES string of the molecule is CCCCCCCCCCCCC(O)C[N+](C)(C)CCCCCCCCCCCC(=O)[O-]. The standard InChI is InChI=1S/C28H57NO3/c1-4-5-6-7-8-9-11-14-17-20-23-27(30)26-29(2,3)25-22-19-16-13-10-12-15-18-21-24-28(31)32/h27,30H,4-26H2,1-3H3. The third kappa shape index (κ3) is 24.0. The Morgan fingerprint density at radius 3 is 1.56 bits per heavy atom. The topological polar surface area (TPSA) is 60.4 Å². The third-order valence-corrected chi connectivity index (χ3v) is 6.74. The summed E-state index contributed by atoms with van der Waals surface area (Å²) in [6, 6.07) is 0. The molecule has 0 aromatic carbocycles. The zero-order valence-electron chi connectivity index (χ0n) is 22.1. The third-order valence-electron chi connectivity index (χ3n) is 6.74. The Morgan fingerprint density at radius 2 is 1.09 bits per heavy atom. The van der Waals surface area contributed by atoms with E-state index in [-0.39, 0.29) is 12.5 Å². The maximum absolute atomic E-state index is 10.4. The average Bonchev–Trinajstić information content (AvgIpc) is 2.72. The lowest BCUT2D eigenvalue weighted by Crippen LogP contribution is -2.45. The monoisotopic (exact) mass is 455 g/mol. The molecule has 0 heterocycles. The minimum Gasteiger partial charge on any atom is -0.550 e. The molecule has 192 valence electrons. The summed E-state index contributed by atoms with van der Waals surface area (Å²) in [5.74, 6) is -0.919. The van der Waals surface area contributed by atoms with E-state index in [9.17, 15) is 15.0 Å². The van der Waals surface area contributed by atoms with Crippen LogP contribution in [0.15, 0.2) is 0 Å². The van der Waals surface area contributed by atoms with Crippen LogP contribution in [-0.4, -0.2) is 48.8 Å². The van der Waals surface area contributed by atoms with Crippen molar-refractivity contribution in [2.24, 2.45) is 0 Å². The summed E-state index contributed by atoms with van der Waals surface area (Å²) in [5, 5.41) is 20.8. The predicted octanol–water partition coefficient (Wildman–Crippen LogP) is 6.39. The molecule has 1 unspecified atom stereocenters. The molecule has 0 fully saturated rings. The molecule has 0 aromatic rings. The average molecular weight is 456 g/mol. The minimum absolute atomic E-state index is 0.157. The van der Waals surface area contributed by atoms with Gasteiger partial charge in [0.05, 0.1) is 20.6 Å². The molecule has 4 nitrogen and oxygen atoms in total. The minimum atomic E-state index is -0.919. The number of carboxylic acids is 1. The summed E-state index contributed by atoms with van der Waals surface area (Å²) >= 11 is 0. The van der Waals surface area contributed by atoms with E-state index < -0.39 is 5.97 Å². The highest BCUT2D eigenvalue weighted by atomic mass is 16.4. The van der Waals surface area contributed by atoms with E-state index in [2.05, 4.69) is 21.0 Å². The first-order valence-corrected chi connectivity index (χ1v) is 14.1. The summed E-state index contributed by atoms with van der Waals surface area (Å²) in [4.78, 5) is 10.4. The highest BCUT2D eigenvalue weighted by Crippen LogP contribution is 2.15. The van der Waals surface area contributed by atoms with Gasteiger partial charge in [0.25, 0.3) is 0 Å². The Morgan fingerprint density at radius 1 is 0.688 bits per heavy atom. The summed E-state index contributed by atoms with van der Waals surface area (Å²) in [7, 11) is 4.52. The molecule has 1 N–H and O–H groups in total. The van der Waals surface area contributed by atoms with Gasteiger partial charge in [-0.15, -0.1) is 0 Å². The highest BCUT2D eigenvalue weighted by Gasteiger charge is 2.19. The van der Waals surface area contributed by atoms with E-state index in [4.69, 9.17) is 0 Å². The van der Waals surface area contributed by atoms with Gasteiger partial charge in [-0.25, -0.2) is 0 Å². The van der Waals surface area contributed by atoms with Crippen LogP contribution in [-0.2, 0) is 4.79 Å². The van der Waals surface area contributed by atoms with Crippen LogP contribution < -0.4 is 5.11 Å². The molecule has 0 aliphatic heterocycles. The van der Waals surface area contributed by atoms with Crippen molar-refractivity contribution in [2.45, 2.75) is 148 Å². The van der Waals surface area contributed by atoms with E-state index in [1.807, 2.05) is 0 Å². The normalized spacial score (nSPS) is 12.9. The number of aliphatic hydroxyl groups is 1. The number of carbonyl (C=O) groups excluding carboxylic acids is 1. The summed E-state index contributed by atoms with van der Waals surface area (Å²) in [5.41, 5.74) is 0. The van der Waals surface area contributed by atoms with Gasteiger partial charge >= 0.3 is 0 Å². The molecular weight excluding hydrogens is 398 g/mol. The second-order valence-electron chi connectivity index (χ2n) is 10.8. The van der Waals surface area contributed by atoms with Crippen molar-refractivity contribution in [3.8, 4) is 0 Å². The first-order chi connectivity index (χ1) is 15.4. The lowest BCUT2D eigenvalue weighted by atomic mass is 10.0. The first-order valence-electron chi connectivity index (χ1n) is 14.1. The molecular formula is C28H57NO3. The quantitative estimate of drug-likeness (QED) is 0.128. The Bertz CT molecular complexity index is 411. The summed E-state index contributed by atoms with van der Waals surface area (Å²) in [6.07, 6.45) is 25.0. The van der Waals surface area contributed by atoms with Crippen molar-refractivity contribution < 1.29 is 19.5 Å². The van der Waals surface area contributed by atoms with Crippen molar-refractivity contribution >= 4 is 5.97 Å². The number of unbranched alkanes of at least 4 members (excludes halogenated alkanes) is 17. The molecule has 0 rings (SSSR count). The van der Waals surface area contributed by atoms with E-state index >= 15 is 0 Å². The highest BCUT2D eigenvalue weighted by molar-refractivity contribution is 5.63. The van der Waals surface area contributed by atoms with Gasteiger partial charge in [-0.05, 0) is 32.1 Å². The van der Waals surface area contributed by atoms with Crippen LogP contribution in [0, 0.1) is 0 Å². The molecule has 0 saturated heterocycles. The zero-order chi connectivity index (χ0) is 23.9. The zero-order valence-corrected chi connectivity index (χ0v) is 22.1. The number of hydrogen-bond donors (Lipinski definition) is 1. The Kier molecular flexibility index (Phi) is 21.8. The maximum Gasteiger partial charge on any atom is 0.105 e. The van der Waals surface area contributed by atoms with Crippen LogP contribution in [0.4, 0.5) is 0 Å². The molecule has 1 atom stereocenters. The number of likely N-dealkylation sites (N-methyl/N-ethyl adjacent to an activating group) is 1. The Balaban J connectivity index is 3.48. The van der Waals surface area contributed by atoms with Crippen molar-refractivity contribution in [1.29, 1.82) is 0 Å². The number of hydrogen-bond acceptors (Lipinski definition) is 3. The fourth-order valence-electron chi connectivity index (χ4n) is 4.67. The number of rotatable bonds is 25. The molecule has 0 spiro atoms. The van der Waals surface area contributed by atoms with Crippen molar-refractivity contribution in [1.82, 2.24) is 0 Å². The van der Waals surface area contributed by atoms with Crippen molar-refractivity contribution in [3.05, 3.63) is 0 Å². The van der Waals surface area contributed by atoms with Crippen LogP contribution in [0.2, 0.25) is 0 Å². The number of quaternary nitrogens is 1. The van der Waals surface area contributed by atoms with Gasteiger partial charge in [0, 0.05) is 5.97 Å². The molecule has 0 aliphatic rings. The Hall–Kier alpha value is -0.610. The molecule has 0 aromatic heterocycles. The smallest absolute Gasteiger partial charge is 0.105 e. The fourth-order valence-corrected chi connectivity index (χ4v) is 4.67. The lowest BCUT2D eigenvalue weighted by Gasteiger charge is -2.32. The lowest BCUT2D eigenvalue weighted by molar-refractivity contribution is -0.893. The van der Waals surface area contributed by atoms with Crippen LogP contribution in [0.1, 0.15) is 142 Å². The second kappa shape index (κ2) is 22.2. The van der Waals surface area contributed by atoms with Gasteiger partial charge in [-0.2, -0.15) is 0 Å². The fraction of sp³-hybridized carbons (Fsp3) is 0.964. The van der Waals surface area contributed by atoms with E-state index in [1.54, 1.807) is 0 Å². The predicted molar refractivity (Wildman–Crippen MR) is 135 cm³/mol. The van der Waals surface area contributed by atoms with Crippen LogP contribution in [0.25, 0.3) is 0 Å². The molecule has 0 radical (unpaired) electrons. The number of carboxylic acid groups (broad SMARTS) is 1. The van der Waals surface area contributed by atoms with Crippen LogP contribution >= 0.6 is 0 Å². The number of aliphatic hydroxyl groups excluding tert-OH is 1. The van der Waals surface area contributed by atoms with Crippen molar-refractivity contribution in [3.63, 3.8) is 0 Å². The molecule has 0 aliphatic carbocycles. The number of carbonyl (C=O) groups is 1. The largest absolute Gasteiger partial charge is 0.550 e. The summed E-state index contributed by atoms with van der Waals surface area (Å²) in [6.45, 7) is 4.30. The van der Waals surface area contributed by atoms with E-state index in [0.29, 0.717) is 0 Å². The molecule has 32 heavy (non-hydrogen) atoms. The van der Waals surface area contributed by atoms with Gasteiger partial charge < -0.3 is 19.5 Å². The van der Waals surface area contributed by atoms with Gasteiger partial charge in [-0.1, -0.05) is 110 Å². The summed E-state index contributed by atoms with van der Waals surface area (Å²) < 4.78 is 0.928. The number of nitrogens with zero attached hydrogens (tertiary/aromatic N) is 1. The molecule has 0 saturated carbocycles. The molecule has 0 amide bonds. The second-order valence-corrected chi connectivity index (χ2v) is 10.8. The maximum atomic E-state index is 10.4. The molecule has 4 heteroatoms. The van der Waals surface area contributed by atoms with E-state index in [1.165, 1.54) is 103 Å². The first kappa shape index (κ1) is 31.4. The van der Waals surface area contributed by atoms with Gasteiger partial charge in [0.15, 0.2) is 0 Å². The van der Waals surface area contributed by atoms with Gasteiger partial charge in [-0.3, -0.25) is 0 Å².